The van der Waals surface area contributed by atoms with Crippen molar-refractivity contribution in [1.82, 2.24) is 9.97 Å². The number of rotatable bonds is 3. The molecule has 4 nitrogen and oxygen atoms in total. The van der Waals surface area contributed by atoms with E-state index >= 15 is 0 Å². The zero-order chi connectivity index (χ0) is 17.3. The highest BCUT2D eigenvalue weighted by Gasteiger charge is 2.29. The van der Waals surface area contributed by atoms with Crippen LogP contribution in [-0.2, 0) is 0 Å². The van der Waals surface area contributed by atoms with Crippen LogP contribution in [-0.4, -0.2) is 26.7 Å². The maximum absolute atomic E-state index is 13.8. The smallest absolute Gasteiger partial charge is 0.216 e. The van der Waals surface area contributed by atoms with Gasteiger partial charge < -0.3 is 10.4 Å². The van der Waals surface area contributed by atoms with Crippen LogP contribution in [0.1, 0.15) is 38.2 Å². The fourth-order valence-electron chi connectivity index (χ4n) is 3.01. The molecular weight excluding hydrogens is 329 g/mol. The summed E-state index contributed by atoms with van der Waals surface area (Å²) in [6, 6.07) is 5.45. The van der Waals surface area contributed by atoms with Gasteiger partial charge in [-0.3, -0.25) is 0 Å². The predicted molar refractivity (Wildman–Crippen MR) is 93.7 cm³/mol. The number of pyridine rings is 2. The molecule has 2 aromatic rings. The van der Waals surface area contributed by atoms with Crippen molar-refractivity contribution >= 4 is 17.3 Å². The molecule has 1 fully saturated rings. The quantitative estimate of drug-likeness (QED) is 0.809. The SMILES string of the molecule is Cc1ccc(-c2cnc(Cl)cc2NC2CCC(C)(O)CC2)nc1F. The summed E-state index contributed by atoms with van der Waals surface area (Å²) >= 11 is 6.04. The van der Waals surface area contributed by atoms with Gasteiger partial charge in [0.1, 0.15) is 5.15 Å². The molecule has 2 N–H and O–H groups in total. The monoisotopic (exact) mass is 349 g/mol. The van der Waals surface area contributed by atoms with Gasteiger partial charge in [0.25, 0.3) is 0 Å². The van der Waals surface area contributed by atoms with E-state index in [2.05, 4.69) is 15.3 Å². The van der Waals surface area contributed by atoms with Gasteiger partial charge in [-0.2, -0.15) is 4.39 Å². The number of aromatic nitrogens is 2. The van der Waals surface area contributed by atoms with Crippen LogP contribution in [0, 0.1) is 12.9 Å². The van der Waals surface area contributed by atoms with Gasteiger partial charge in [0.15, 0.2) is 0 Å². The lowest BCUT2D eigenvalue weighted by Gasteiger charge is -2.34. The Bertz CT molecular complexity index is 741. The Morgan fingerprint density at radius 2 is 2.04 bits per heavy atom. The number of nitrogens with zero attached hydrogens (tertiary/aromatic N) is 2. The van der Waals surface area contributed by atoms with Gasteiger partial charge in [0.05, 0.1) is 11.3 Å². The number of aryl methyl sites for hydroxylation is 1. The van der Waals surface area contributed by atoms with E-state index in [1.54, 1.807) is 31.3 Å². The molecule has 2 heterocycles. The van der Waals surface area contributed by atoms with Crippen molar-refractivity contribution in [3.8, 4) is 11.3 Å². The maximum Gasteiger partial charge on any atom is 0.216 e. The van der Waals surface area contributed by atoms with Crippen LogP contribution in [0.5, 0.6) is 0 Å². The summed E-state index contributed by atoms with van der Waals surface area (Å²) in [6.07, 6.45) is 4.83. The molecule has 3 rings (SSSR count). The first-order valence-electron chi connectivity index (χ1n) is 8.12. The Kier molecular flexibility index (Phi) is 4.74. The zero-order valence-corrected chi connectivity index (χ0v) is 14.6. The second-order valence-corrected chi connectivity index (χ2v) is 7.16. The summed E-state index contributed by atoms with van der Waals surface area (Å²) in [5, 5.41) is 13.9. The standard InChI is InChI=1S/C18H21ClFN3O/c1-11-3-4-14(23-17(11)20)13-10-21-16(19)9-15(13)22-12-5-7-18(2,24)8-6-12/h3-4,9-10,12,24H,5-8H2,1-2H3,(H,21,22). The van der Waals surface area contributed by atoms with Crippen LogP contribution in [0.4, 0.5) is 10.1 Å². The number of halogens is 2. The molecule has 0 unspecified atom stereocenters. The second-order valence-electron chi connectivity index (χ2n) is 6.77. The lowest BCUT2D eigenvalue weighted by Crippen LogP contribution is -2.35. The van der Waals surface area contributed by atoms with Crippen LogP contribution < -0.4 is 5.32 Å². The third kappa shape index (κ3) is 3.84. The molecule has 2 aromatic heterocycles. The summed E-state index contributed by atoms with van der Waals surface area (Å²) < 4.78 is 13.8. The minimum absolute atomic E-state index is 0.234. The highest BCUT2D eigenvalue weighted by Crippen LogP contribution is 2.33. The average molecular weight is 350 g/mol. The lowest BCUT2D eigenvalue weighted by molar-refractivity contribution is 0.0196. The maximum atomic E-state index is 13.8. The third-order valence-corrected chi connectivity index (χ3v) is 4.81. The fraction of sp³-hybridized carbons (Fsp3) is 0.444. The molecule has 1 saturated carbocycles. The van der Waals surface area contributed by atoms with Crippen LogP contribution in [0.25, 0.3) is 11.3 Å². The van der Waals surface area contributed by atoms with E-state index in [1.807, 2.05) is 6.92 Å². The molecule has 0 spiro atoms. The Hall–Kier alpha value is -1.72. The van der Waals surface area contributed by atoms with Gasteiger partial charge in [0.2, 0.25) is 5.95 Å². The molecular formula is C18H21ClFN3O. The van der Waals surface area contributed by atoms with E-state index in [9.17, 15) is 9.50 Å². The Labute approximate surface area is 146 Å². The van der Waals surface area contributed by atoms with Gasteiger partial charge in [-0.15, -0.1) is 0 Å². The summed E-state index contributed by atoms with van der Waals surface area (Å²) in [5.74, 6) is -0.484. The van der Waals surface area contributed by atoms with Crippen LogP contribution in [0.3, 0.4) is 0 Å². The Balaban J connectivity index is 1.87. The topological polar surface area (TPSA) is 58.0 Å². The van der Waals surface area contributed by atoms with Gasteiger partial charge in [0, 0.05) is 29.1 Å². The number of aliphatic hydroxyl groups is 1. The minimum atomic E-state index is -0.585. The van der Waals surface area contributed by atoms with E-state index in [4.69, 9.17) is 11.6 Å². The first-order valence-corrected chi connectivity index (χ1v) is 8.50. The first kappa shape index (κ1) is 17.1. The van der Waals surface area contributed by atoms with Crippen LogP contribution in [0.2, 0.25) is 5.15 Å². The first-order chi connectivity index (χ1) is 11.3. The number of hydrogen-bond acceptors (Lipinski definition) is 4. The molecule has 0 aliphatic heterocycles. The summed E-state index contributed by atoms with van der Waals surface area (Å²) in [4.78, 5) is 8.13. The van der Waals surface area contributed by atoms with E-state index in [0.29, 0.717) is 16.4 Å². The third-order valence-electron chi connectivity index (χ3n) is 4.60. The predicted octanol–water partition coefficient (Wildman–Crippen LogP) is 4.35. The highest BCUT2D eigenvalue weighted by molar-refractivity contribution is 6.29. The van der Waals surface area contributed by atoms with Crippen molar-refractivity contribution in [1.29, 1.82) is 0 Å². The molecule has 0 radical (unpaired) electrons. The van der Waals surface area contributed by atoms with Crippen LogP contribution in [0.15, 0.2) is 24.4 Å². The summed E-state index contributed by atoms with van der Waals surface area (Å²) in [6.45, 7) is 3.55. The largest absolute Gasteiger partial charge is 0.390 e. The van der Waals surface area contributed by atoms with Crippen molar-refractivity contribution in [2.45, 2.75) is 51.2 Å². The van der Waals surface area contributed by atoms with Gasteiger partial charge >= 0.3 is 0 Å². The fourth-order valence-corrected chi connectivity index (χ4v) is 3.17. The minimum Gasteiger partial charge on any atom is -0.390 e. The molecule has 0 atom stereocenters. The summed E-state index contributed by atoms with van der Waals surface area (Å²) in [5.41, 5.74) is 1.95. The van der Waals surface area contributed by atoms with Gasteiger partial charge in [-0.1, -0.05) is 17.7 Å². The molecule has 0 amide bonds. The molecule has 128 valence electrons. The van der Waals surface area contributed by atoms with Crippen LogP contribution >= 0.6 is 11.6 Å². The molecule has 0 saturated heterocycles. The highest BCUT2D eigenvalue weighted by atomic mass is 35.5. The van der Waals surface area contributed by atoms with Gasteiger partial charge in [-0.05, 0) is 51.7 Å². The average Bonchev–Trinajstić information content (AvgIpc) is 2.52. The molecule has 6 heteroatoms. The van der Waals surface area contributed by atoms with E-state index in [1.165, 1.54) is 0 Å². The zero-order valence-electron chi connectivity index (χ0n) is 13.8. The lowest BCUT2D eigenvalue weighted by atomic mass is 9.83. The Morgan fingerprint density at radius 1 is 1.33 bits per heavy atom. The van der Waals surface area contributed by atoms with E-state index in [0.717, 1.165) is 36.9 Å². The number of hydrogen-bond donors (Lipinski definition) is 2. The van der Waals surface area contributed by atoms with Crippen molar-refractivity contribution in [2.24, 2.45) is 0 Å². The van der Waals surface area contributed by atoms with Crippen molar-refractivity contribution in [3.63, 3.8) is 0 Å². The van der Waals surface area contributed by atoms with E-state index < -0.39 is 11.5 Å². The number of anilines is 1. The molecule has 0 aromatic carbocycles. The van der Waals surface area contributed by atoms with E-state index in [-0.39, 0.29) is 6.04 Å². The molecule has 1 aliphatic carbocycles. The summed E-state index contributed by atoms with van der Waals surface area (Å²) in [7, 11) is 0. The van der Waals surface area contributed by atoms with Crippen molar-refractivity contribution in [3.05, 3.63) is 41.1 Å². The van der Waals surface area contributed by atoms with Crippen molar-refractivity contribution in [2.75, 3.05) is 5.32 Å². The normalized spacial score (nSPS) is 24.0. The Morgan fingerprint density at radius 3 is 2.71 bits per heavy atom. The molecule has 0 bridgehead atoms. The van der Waals surface area contributed by atoms with Gasteiger partial charge in [-0.25, -0.2) is 9.97 Å². The van der Waals surface area contributed by atoms with Crippen molar-refractivity contribution < 1.29 is 9.50 Å². The number of nitrogens with one attached hydrogen (secondary N) is 1. The molecule has 24 heavy (non-hydrogen) atoms. The second kappa shape index (κ2) is 6.65. The molecule has 1 aliphatic rings.